The van der Waals surface area contributed by atoms with Crippen molar-refractivity contribution < 1.29 is 9.90 Å². The number of ketones is 1. The van der Waals surface area contributed by atoms with E-state index >= 15 is 0 Å². The maximum absolute atomic E-state index is 11.2. The van der Waals surface area contributed by atoms with E-state index in [1.165, 1.54) is 19.2 Å². The number of rotatable bonds is 3. The Balaban J connectivity index is 2.36. The standard InChI is InChI=1S/C11H9NO4S/c1-4-7(10(16)8(4)14)12-6-3-17-11(5(2)13)9(6)15/h3,12,15H,1-2H3. The van der Waals surface area contributed by atoms with Crippen LogP contribution in [-0.2, 0) is 0 Å². The minimum Gasteiger partial charge on any atom is -0.504 e. The van der Waals surface area contributed by atoms with Crippen molar-refractivity contribution in [2.24, 2.45) is 0 Å². The maximum Gasteiger partial charge on any atom is 0.249 e. The second-order valence-electron chi connectivity index (χ2n) is 3.67. The number of carbonyl (C=O) groups excluding carboxylic acids is 1. The lowest BCUT2D eigenvalue weighted by Gasteiger charge is -2.08. The van der Waals surface area contributed by atoms with Crippen molar-refractivity contribution in [3.63, 3.8) is 0 Å². The van der Waals surface area contributed by atoms with Crippen LogP contribution in [0.15, 0.2) is 15.0 Å². The molecule has 5 nitrogen and oxygen atoms in total. The van der Waals surface area contributed by atoms with Crippen molar-refractivity contribution in [3.8, 4) is 5.75 Å². The maximum atomic E-state index is 11.2. The number of Topliss-reactive ketones (excluding diaryl/α,β-unsaturated/α-hetero) is 1. The van der Waals surface area contributed by atoms with Crippen molar-refractivity contribution in [1.29, 1.82) is 0 Å². The zero-order valence-corrected chi connectivity index (χ0v) is 9.97. The molecule has 2 N–H and O–H groups in total. The third-order valence-electron chi connectivity index (χ3n) is 2.49. The van der Waals surface area contributed by atoms with Crippen LogP contribution in [0, 0.1) is 6.92 Å². The van der Waals surface area contributed by atoms with Crippen molar-refractivity contribution in [1.82, 2.24) is 0 Å². The zero-order chi connectivity index (χ0) is 12.7. The van der Waals surface area contributed by atoms with Crippen LogP contribution in [0.2, 0.25) is 0 Å². The number of hydrogen-bond donors (Lipinski definition) is 2. The fourth-order valence-corrected chi connectivity index (χ4v) is 2.27. The molecule has 0 spiro atoms. The average molecular weight is 251 g/mol. The quantitative estimate of drug-likeness (QED) is 0.634. The van der Waals surface area contributed by atoms with Gasteiger partial charge in [-0.2, -0.15) is 0 Å². The Morgan fingerprint density at radius 3 is 2.47 bits per heavy atom. The van der Waals surface area contributed by atoms with Crippen molar-refractivity contribution in [2.45, 2.75) is 13.8 Å². The fourth-order valence-electron chi connectivity index (χ4n) is 1.48. The molecule has 0 atom stereocenters. The molecule has 0 bridgehead atoms. The number of hydrogen-bond acceptors (Lipinski definition) is 6. The van der Waals surface area contributed by atoms with E-state index in [0.717, 1.165) is 11.3 Å². The van der Waals surface area contributed by atoms with Gasteiger partial charge in [0.05, 0.1) is 11.4 Å². The van der Waals surface area contributed by atoms with E-state index in [1.807, 2.05) is 0 Å². The van der Waals surface area contributed by atoms with E-state index < -0.39 is 10.9 Å². The van der Waals surface area contributed by atoms with Crippen LogP contribution in [0.5, 0.6) is 5.75 Å². The Labute approximate surface area is 100 Å². The number of thiophene rings is 1. The zero-order valence-electron chi connectivity index (χ0n) is 9.16. The highest BCUT2D eigenvalue weighted by Gasteiger charge is 2.20. The molecule has 1 aromatic heterocycles. The highest BCUT2D eigenvalue weighted by atomic mass is 32.1. The molecule has 2 aromatic rings. The van der Waals surface area contributed by atoms with Gasteiger partial charge in [0, 0.05) is 17.9 Å². The molecule has 0 unspecified atom stereocenters. The summed E-state index contributed by atoms with van der Waals surface area (Å²) in [5.74, 6) is -0.433. The van der Waals surface area contributed by atoms with Gasteiger partial charge in [-0.3, -0.25) is 14.4 Å². The van der Waals surface area contributed by atoms with Crippen LogP contribution >= 0.6 is 11.3 Å². The van der Waals surface area contributed by atoms with Crippen LogP contribution in [0.3, 0.4) is 0 Å². The summed E-state index contributed by atoms with van der Waals surface area (Å²) in [7, 11) is 0. The smallest absolute Gasteiger partial charge is 0.249 e. The average Bonchev–Trinajstić information content (AvgIpc) is 2.66. The van der Waals surface area contributed by atoms with E-state index in [4.69, 9.17) is 0 Å². The second-order valence-corrected chi connectivity index (χ2v) is 4.55. The number of aromatic hydroxyl groups is 1. The predicted molar refractivity (Wildman–Crippen MR) is 65.4 cm³/mol. The third-order valence-corrected chi connectivity index (χ3v) is 3.56. The van der Waals surface area contributed by atoms with Crippen molar-refractivity contribution in [2.75, 3.05) is 5.32 Å². The van der Waals surface area contributed by atoms with E-state index in [1.54, 1.807) is 0 Å². The first kappa shape index (κ1) is 11.5. The lowest BCUT2D eigenvalue weighted by Crippen LogP contribution is -2.35. The van der Waals surface area contributed by atoms with Gasteiger partial charge in [-0.05, 0) is 6.92 Å². The summed E-state index contributed by atoms with van der Waals surface area (Å²) in [5.41, 5.74) is -0.329. The highest BCUT2D eigenvalue weighted by Crippen LogP contribution is 2.36. The molecular weight excluding hydrogens is 242 g/mol. The monoisotopic (exact) mass is 251 g/mol. The van der Waals surface area contributed by atoms with Gasteiger partial charge in [-0.15, -0.1) is 11.3 Å². The Bertz CT molecular complexity index is 676. The minimum atomic E-state index is -0.600. The van der Waals surface area contributed by atoms with Crippen molar-refractivity contribution >= 4 is 28.5 Å². The molecule has 0 saturated heterocycles. The van der Waals surface area contributed by atoms with Crippen LogP contribution in [0.4, 0.5) is 11.4 Å². The lowest BCUT2D eigenvalue weighted by atomic mass is 10.1. The summed E-state index contributed by atoms with van der Waals surface area (Å²) < 4.78 is 0. The Hall–Kier alpha value is -1.95. The fraction of sp³-hybridized carbons (Fsp3) is 0.182. The lowest BCUT2D eigenvalue weighted by molar-refractivity contribution is 0.101. The van der Waals surface area contributed by atoms with Gasteiger partial charge in [0.1, 0.15) is 4.88 Å². The van der Waals surface area contributed by atoms with E-state index in [0.29, 0.717) is 5.56 Å². The van der Waals surface area contributed by atoms with Crippen LogP contribution in [0.25, 0.3) is 0 Å². The number of anilines is 2. The van der Waals surface area contributed by atoms with Gasteiger partial charge in [0.25, 0.3) is 0 Å². The van der Waals surface area contributed by atoms with Gasteiger partial charge in [-0.25, -0.2) is 0 Å². The van der Waals surface area contributed by atoms with Gasteiger partial charge in [-0.1, -0.05) is 0 Å². The number of carbonyl (C=O) groups is 1. The van der Waals surface area contributed by atoms with Crippen LogP contribution in [0.1, 0.15) is 22.2 Å². The summed E-state index contributed by atoms with van der Waals surface area (Å²) in [5, 5.41) is 13.9. The number of nitrogens with one attached hydrogen (secondary N) is 1. The molecule has 1 heterocycles. The summed E-state index contributed by atoms with van der Waals surface area (Å²) in [6.07, 6.45) is 0. The van der Waals surface area contributed by atoms with Gasteiger partial charge < -0.3 is 10.4 Å². The third kappa shape index (κ3) is 1.66. The predicted octanol–water partition coefficient (Wildman–Crippen LogP) is 1.30. The first-order valence-electron chi connectivity index (χ1n) is 4.81. The molecule has 6 heteroatoms. The summed E-state index contributed by atoms with van der Waals surface area (Å²) >= 11 is 1.08. The SMILES string of the molecule is CC(=O)c1scc(Nc2c(C)c(=O)c2=O)c1O. The summed E-state index contributed by atoms with van der Waals surface area (Å²) in [6, 6.07) is 0. The molecule has 0 fully saturated rings. The largest absolute Gasteiger partial charge is 0.504 e. The molecule has 2 rings (SSSR count). The highest BCUT2D eigenvalue weighted by molar-refractivity contribution is 7.13. The van der Waals surface area contributed by atoms with E-state index in [-0.39, 0.29) is 27.8 Å². The first-order chi connectivity index (χ1) is 7.93. The van der Waals surface area contributed by atoms with Crippen LogP contribution < -0.4 is 16.2 Å². The molecule has 1 aromatic carbocycles. The first-order valence-corrected chi connectivity index (χ1v) is 5.69. The minimum absolute atomic E-state index is 0.179. The Morgan fingerprint density at radius 2 is 2.00 bits per heavy atom. The van der Waals surface area contributed by atoms with Crippen molar-refractivity contribution in [3.05, 3.63) is 36.3 Å². The molecule has 0 saturated carbocycles. The summed E-state index contributed by atoms with van der Waals surface area (Å²) in [4.78, 5) is 33.6. The Kier molecular flexibility index (Phi) is 2.59. The van der Waals surface area contributed by atoms with Gasteiger partial charge in [0.2, 0.25) is 10.9 Å². The molecule has 0 aliphatic carbocycles. The second kappa shape index (κ2) is 3.81. The molecule has 0 amide bonds. The topological polar surface area (TPSA) is 83.5 Å². The van der Waals surface area contributed by atoms with Crippen LogP contribution in [-0.4, -0.2) is 10.9 Å². The van der Waals surface area contributed by atoms with Gasteiger partial charge in [0.15, 0.2) is 11.5 Å². The Morgan fingerprint density at radius 1 is 1.35 bits per heavy atom. The molecular formula is C11H9NO4S. The normalized spacial score (nSPS) is 10.7. The van der Waals surface area contributed by atoms with E-state index in [2.05, 4.69) is 5.32 Å². The summed E-state index contributed by atoms with van der Waals surface area (Å²) in [6.45, 7) is 2.87. The molecule has 0 aliphatic heterocycles. The molecule has 88 valence electrons. The molecule has 17 heavy (non-hydrogen) atoms. The van der Waals surface area contributed by atoms with Gasteiger partial charge >= 0.3 is 0 Å². The molecule has 0 aliphatic rings. The molecule has 0 radical (unpaired) electrons. The van der Waals surface area contributed by atoms with E-state index in [9.17, 15) is 19.5 Å².